The Labute approximate surface area is 175 Å². The first-order valence-electron chi connectivity index (χ1n) is 9.83. The minimum absolute atomic E-state index is 0.234. The van der Waals surface area contributed by atoms with E-state index in [0.717, 1.165) is 18.5 Å². The summed E-state index contributed by atoms with van der Waals surface area (Å²) < 4.78 is 39.2. The van der Waals surface area contributed by atoms with Crippen molar-refractivity contribution < 1.29 is 17.7 Å². The topological polar surface area (TPSA) is 98.4 Å². The molecule has 0 aliphatic carbocycles. The van der Waals surface area contributed by atoms with Crippen molar-refractivity contribution in [3.8, 4) is 17.1 Å². The Morgan fingerprint density at radius 3 is 2.60 bits per heavy atom. The van der Waals surface area contributed by atoms with Crippen LogP contribution in [0.25, 0.3) is 11.3 Å². The highest BCUT2D eigenvalue weighted by molar-refractivity contribution is 7.89. The summed E-state index contributed by atoms with van der Waals surface area (Å²) in [6.45, 7) is 4.06. The highest BCUT2D eigenvalue weighted by Crippen LogP contribution is 2.39. The van der Waals surface area contributed by atoms with Crippen LogP contribution < -0.4 is 4.74 Å². The third-order valence-electron chi connectivity index (χ3n) is 5.27. The molecule has 30 heavy (non-hydrogen) atoms. The number of nitrogens with zero attached hydrogens (tertiary/aromatic N) is 4. The Hall–Kier alpha value is -2.78. The Balaban J connectivity index is 1.78. The van der Waals surface area contributed by atoms with Gasteiger partial charge in [0.05, 0.1) is 35.0 Å². The first-order chi connectivity index (χ1) is 14.4. The lowest BCUT2D eigenvalue weighted by Gasteiger charge is -2.35. The number of sulfonamides is 1. The van der Waals surface area contributed by atoms with Crippen molar-refractivity contribution in [2.75, 3.05) is 13.7 Å². The molecule has 9 heteroatoms. The van der Waals surface area contributed by atoms with E-state index in [2.05, 4.69) is 15.1 Å². The lowest BCUT2D eigenvalue weighted by molar-refractivity contribution is 0.251. The molecule has 1 fully saturated rings. The smallest absolute Gasteiger partial charge is 0.243 e. The molecule has 0 spiro atoms. The molecular weight excluding hydrogens is 404 g/mol. The van der Waals surface area contributed by atoms with E-state index in [-0.39, 0.29) is 4.90 Å². The molecule has 4 rings (SSSR count). The van der Waals surface area contributed by atoms with Crippen molar-refractivity contribution in [1.29, 1.82) is 0 Å². The predicted molar refractivity (Wildman–Crippen MR) is 110 cm³/mol. The molecule has 2 aromatic heterocycles. The van der Waals surface area contributed by atoms with Gasteiger partial charge in [-0.3, -0.25) is 0 Å². The summed E-state index contributed by atoms with van der Waals surface area (Å²) in [7, 11) is -2.17. The third kappa shape index (κ3) is 3.82. The van der Waals surface area contributed by atoms with Gasteiger partial charge in [0, 0.05) is 18.8 Å². The predicted octanol–water partition coefficient (Wildman–Crippen LogP) is 3.67. The number of ether oxygens (including phenoxy) is 1. The highest BCUT2D eigenvalue weighted by atomic mass is 32.2. The van der Waals surface area contributed by atoms with Crippen LogP contribution in [0.5, 0.6) is 5.75 Å². The van der Waals surface area contributed by atoms with E-state index in [4.69, 9.17) is 9.26 Å². The minimum atomic E-state index is -3.72. The molecule has 1 aliphatic rings. The number of aryl methyl sites for hydroxylation is 2. The van der Waals surface area contributed by atoms with Crippen LogP contribution in [0.2, 0.25) is 0 Å². The molecule has 1 atom stereocenters. The summed E-state index contributed by atoms with van der Waals surface area (Å²) in [5.41, 5.74) is 2.06. The fourth-order valence-electron chi connectivity index (χ4n) is 3.77. The fourth-order valence-corrected chi connectivity index (χ4v) is 5.43. The largest absolute Gasteiger partial charge is 0.497 e. The SMILES string of the molecule is COc1ccc(S(=O)(=O)N2CCCC[C@@H]2c2nc(C)ncc2-c2cc(C)no2)cc1. The molecule has 1 aliphatic heterocycles. The Morgan fingerprint density at radius 2 is 1.93 bits per heavy atom. The van der Waals surface area contributed by atoms with Crippen LogP contribution in [0.15, 0.2) is 45.9 Å². The van der Waals surface area contributed by atoms with E-state index < -0.39 is 16.1 Å². The zero-order valence-electron chi connectivity index (χ0n) is 17.2. The van der Waals surface area contributed by atoms with Gasteiger partial charge in [0.1, 0.15) is 11.6 Å². The number of hydrogen-bond acceptors (Lipinski definition) is 7. The molecule has 0 radical (unpaired) electrons. The number of hydrogen-bond donors (Lipinski definition) is 0. The fraction of sp³-hybridized carbons (Fsp3) is 0.381. The van der Waals surface area contributed by atoms with Crippen molar-refractivity contribution in [3.63, 3.8) is 0 Å². The van der Waals surface area contributed by atoms with E-state index in [1.807, 2.05) is 13.0 Å². The summed E-state index contributed by atoms with van der Waals surface area (Å²) in [5.74, 6) is 1.73. The minimum Gasteiger partial charge on any atom is -0.497 e. The molecule has 158 valence electrons. The van der Waals surface area contributed by atoms with Crippen molar-refractivity contribution in [2.45, 2.75) is 44.0 Å². The van der Waals surface area contributed by atoms with Crippen molar-refractivity contribution in [2.24, 2.45) is 0 Å². The summed E-state index contributed by atoms with van der Waals surface area (Å²) in [4.78, 5) is 9.18. The number of aromatic nitrogens is 3. The zero-order valence-corrected chi connectivity index (χ0v) is 18.0. The molecule has 1 saturated heterocycles. The molecule has 3 aromatic rings. The van der Waals surface area contributed by atoms with Crippen LogP contribution in [-0.2, 0) is 10.0 Å². The standard InChI is InChI=1S/C21H24N4O4S/c1-14-12-20(29-24-14)18-13-22-15(2)23-21(18)19-6-4-5-11-25(19)30(26,27)17-9-7-16(28-3)8-10-17/h7-10,12-13,19H,4-6,11H2,1-3H3/t19-/m1/s1. The van der Waals surface area contributed by atoms with Crippen LogP contribution in [0.3, 0.4) is 0 Å². The van der Waals surface area contributed by atoms with Crippen molar-refractivity contribution in [1.82, 2.24) is 19.4 Å². The highest BCUT2D eigenvalue weighted by Gasteiger charge is 2.37. The van der Waals surface area contributed by atoms with Crippen molar-refractivity contribution in [3.05, 3.63) is 53.7 Å². The Bertz CT molecular complexity index is 1140. The van der Waals surface area contributed by atoms with Gasteiger partial charge in [-0.2, -0.15) is 4.31 Å². The molecule has 0 N–H and O–H groups in total. The molecule has 0 bridgehead atoms. The van der Waals surface area contributed by atoms with Crippen molar-refractivity contribution >= 4 is 10.0 Å². The average Bonchev–Trinajstić information content (AvgIpc) is 3.19. The number of piperidine rings is 1. The maximum absolute atomic E-state index is 13.5. The van der Waals surface area contributed by atoms with E-state index in [1.54, 1.807) is 48.8 Å². The third-order valence-corrected chi connectivity index (χ3v) is 7.19. The normalized spacial score (nSPS) is 17.8. The first-order valence-corrected chi connectivity index (χ1v) is 11.3. The Morgan fingerprint density at radius 1 is 1.17 bits per heavy atom. The molecule has 3 heterocycles. The quantitative estimate of drug-likeness (QED) is 0.611. The van der Waals surface area contributed by atoms with Crippen LogP contribution in [0.4, 0.5) is 0 Å². The number of rotatable bonds is 5. The lowest BCUT2D eigenvalue weighted by atomic mass is 9.98. The lowest BCUT2D eigenvalue weighted by Crippen LogP contribution is -2.39. The van der Waals surface area contributed by atoms with Gasteiger partial charge in [-0.05, 0) is 51.0 Å². The second-order valence-electron chi connectivity index (χ2n) is 7.35. The molecule has 8 nitrogen and oxygen atoms in total. The molecular formula is C21H24N4O4S. The van der Waals surface area contributed by atoms with Gasteiger partial charge in [-0.25, -0.2) is 18.4 Å². The van der Waals surface area contributed by atoms with Gasteiger partial charge >= 0.3 is 0 Å². The van der Waals surface area contributed by atoms with E-state index in [0.29, 0.717) is 41.6 Å². The maximum atomic E-state index is 13.5. The second kappa shape index (κ2) is 8.16. The van der Waals surface area contributed by atoms with E-state index in [9.17, 15) is 8.42 Å². The maximum Gasteiger partial charge on any atom is 0.243 e. The summed E-state index contributed by atoms with van der Waals surface area (Å²) in [6.07, 6.45) is 4.07. The summed E-state index contributed by atoms with van der Waals surface area (Å²) >= 11 is 0. The van der Waals surface area contributed by atoms with Crippen LogP contribution in [-0.4, -0.2) is 41.5 Å². The molecule has 0 saturated carbocycles. The van der Waals surface area contributed by atoms with E-state index >= 15 is 0 Å². The summed E-state index contributed by atoms with van der Waals surface area (Å²) in [6, 6.07) is 7.86. The molecule has 1 aromatic carbocycles. The molecule has 0 amide bonds. The Kier molecular flexibility index (Phi) is 5.57. The summed E-state index contributed by atoms with van der Waals surface area (Å²) in [5, 5.41) is 3.96. The van der Waals surface area contributed by atoms with Gasteiger partial charge in [0.25, 0.3) is 0 Å². The first kappa shape index (κ1) is 20.5. The van der Waals surface area contributed by atoms with Gasteiger partial charge in [-0.15, -0.1) is 0 Å². The monoisotopic (exact) mass is 428 g/mol. The van der Waals surface area contributed by atoms with Gasteiger partial charge < -0.3 is 9.26 Å². The van der Waals surface area contributed by atoms with Crippen LogP contribution in [0, 0.1) is 13.8 Å². The number of methoxy groups -OCH3 is 1. The van der Waals surface area contributed by atoms with Crippen LogP contribution >= 0.6 is 0 Å². The van der Waals surface area contributed by atoms with Crippen LogP contribution in [0.1, 0.15) is 42.5 Å². The average molecular weight is 429 g/mol. The van der Waals surface area contributed by atoms with Gasteiger partial charge in [-0.1, -0.05) is 11.6 Å². The van der Waals surface area contributed by atoms with Gasteiger partial charge in [0.2, 0.25) is 10.0 Å². The number of benzene rings is 1. The molecule has 0 unspecified atom stereocenters. The van der Waals surface area contributed by atoms with E-state index in [1.165, 1.54) is 0 Å². The van der Waals surface area contributed by atoms with Gasteiger partial charge in [0.15, 0.2) is 5.76 Å². The zero-order chi connectivity index (χ0) is 21.3. The second-order valence-corrected chi connectivity index (χ2v) is 9.24.